The first kappa shape index (κ1) is 11.2. The fourth-order valence-electron chi connectivity index (χ4n) is 2.38. The third kappa shape index (κ3) is 2.83. The maximum Gasteiger partial charge on any atom is 0.0622 e. The predicted octanol–water partition coefficient (Wildman–Crippen LogP) is 1.65. The number of unbranched alkanes of at least 4 members (excludes halogenated alkanes) is 1. The second-order valence-corrected chi connectivity index (χ2v) is 4.32. The van der Waals surface area contributed by atoms with Gasteiger partial charge in [0, 0.05) is 24.9 Å². The maximum absolute atomic E-state index is 8.53. The van der Waals surface area contributed by atoms with Gasteiger partial charge in [0.1, 0.15) is 0 Å². The zero-order valence-corrected chi connectivity index (χ0v) is 9.55. The number of nitrogens with zero attached hydrogens (tertiary/aromatic N) is 4. The van der Waals surface area contributed by atoms with Crippen molar-refractivity contribution in [2.24, 2.45) is 0 Å². The Hall–Kier alpha value is -1.34. The molecule has 1 saturated heterocycles. The average molecular weight is 218 g/mol. The first-order chi connectivity index (χ1) is 7.90. The van der Waals surface area contributed by atoms with E-state index in [-0.39, 0.29) is 0 Å². The fraction of sp³-hybridized carbons (Fsp3) is 0.667. The van der Waals surface area contributed by atoms with Gasteiger partial charge in [0.25, 0.3) is 0 Å². The molecule has 1 aromatic heterocycles. The van der Waals surface area contributed by atoms with Crippen LogP contribution < -0.4 is 0 Å². The number of hydrogen-bond donors (Lipinski definition) is 0. The van der Waals surface area contributed by atoms with E-state index < -0.39 is 0 Å². The molecule has 1 aromatic rings. The average Bonchev–Trinajstić information content (AvgIpc) is 2.92. The summed E-state index contributed by atoms with van der Waals surface area (Å²) in [6, 6.07) is 4.78. The van der Waals surface area contributed by atoms with Crippen molar-refractivity contribution in [1.29, 1.82) is 5.26 Å². The standard InChI is InChI=1S/C12H18N4/c13-6-1-2-8-15-9-3-5-12(15)11-16-10-4-7-14-16/h4,7,10,12H,1-3,5,8-9,11H2/t12-/m1/s1. The minimum atomic E-state index is 0.610. The molecule has 1 fully saturated rings. The Morgan fingerprint density at radius 3 is 3.19 bits per heavy atom. The van der Waals surface area contributed by atoms with Crippen LogP contribution in [0.25, 0.3) is 0 Å². The first-order valence-corrected chi connectivity index (χ1v) is 5.98. The van der Waals surface area contributed by atoms with Crippen LogP contribution in [0.5, 0.6) is 0 Å². The summed E-state index contributed by atoms with van der Waals surface area (Å²) in [5, 5.41) is 12.8. The van der Waals surface area contributed by atoms with E-state index in [1.807, 2.05) is 23.1 Å². The van der Waals surface area contributed by atoms with Crippen molar-refractivity contribution in [2.75, 3.05) is 13.1 Å². The molecule has 0 spiro atoms. The molecule has 0 unspecified atom stereocenters. The summed E-state index contributed by atoms with van der Waals surface area (Å²) in [7, 11) is 0. The molecule has 0 bridgehead atoms. The molecule has 2 rings (SSSR count). The van der Waals surface area contributed by atoms with Gasteiger partial charge in [-0.15, -0.1) is 0 Å². The highest BCUT2D eigenvalue weighted by Crippen LogP contribution is 2.18. The highest BCUT2D eigenvalue weighted by molar-refractivity contribution is 4.84. The lowest BCUT2D eigenvalue weighted by molar-refractivity contribution is 0.225. The molecule has 2 heterocycles. The van der Waals surface area contributed by atoms with Crippen molar-refractivity contribution in [2.45, 2.75) is 38.3 Å². The summed E-state index contributed by atoms with van der Waals surface area (Å²) >= 11 is 0. The van der Waals surface area contributed by atoms with Crippen LogP contribution in [0.4, 0.5) is 0 Å². The lowest BCUT2D eigenvalue weighted by Gasteiger charge is -2.23. The van der Waals surface area contributed by atoms with Gasteiger partial charge < -0.3 is 0 Å². The molecular formula is C12H18N4. The van der Waals surface area contributed by atoms with Crippen LogP contribution >= 0.6 is 0 Å². The van der Waals surface area contributed by atoms with Crippen LogP contribution in [0, 0.1) is 11.3 Å². The van der Waals surface area contributed by atoms with Crippen LogP contribution in [-0.2, 0) is 6.54 Å². The van der Waals surface area contributed by atoms with Gasteiger partial charge in [0.2, 0.25) is 0 Å². The zero-order valence-electron chi connectivity index (χ0n) is 9.55. The largest absolute Gasteiger partial charge is 0.299 e. The normalized spacial score (nSPS) is 21.1. The molecular weight excluding hydrogens is 200 g/mol. The molecule has 0 aliphatic carbocycles. The van der Waals surface area contributed by atoms with E-state index in [1.54, 1.807) is 0 Å². The second kappa shape index (κ2) is 5.66. The van der Waals surface area contributed by atoms with E-state index in [0.717, 1.165) is 19.5 Å². The molecule has 0 radical (unpaired) electrons. The molecule has 1 atom stereocenters. The maximum atomic E-state index is 8.53. The fourth-order valence-corrected chi connectivity index (χ4v) is 2.38. The molecule has 1 aliphatic heterocycles. The summed E-state index contributed by atoms with van der Waals surface area (Å²) in [6.07, 6.45) is 8.04. The lowest BCUT2D eigenvalue weighted by Crippen LogP contribution is -2.33. The predicted molar refractivity (Wildman–Crippen MR) is 61.7 cm³/mol. The first-order valence-electron chi connectivity index (χ1n) is 5.98. The van der Waals surface area contributed by atoms with Gasteiger partial charge in [0.15, 0.2) is 0 Å². The highest BCUT2D eigenvalue weighted by Gasteiger charge is 2.24. The number of hydrogen-bond acceptors (Lipinski definition) is 3. The molecule has 4 nitrogen and oxygen atoms in total. The molecule has 1 aliphatic rings. The van der Waals surface area contributed by atoms with Crippen LogP contribution in [0.15, 0.2) is 18.5 Å². The quantitative estimate of drug-likeness (QED) is 0.706. The van der Waals surface area contributed by atoms with Crippen molar-refractivity contribution >= 4 is 0 Å². The van der Waals surface area contributed by atoms with Gasteiger partial charge in [-0.25, -0.2) is 0 Å². The van der Waals surface area contributed by atoms with Crippen LogP contribution in [0.3, 0.4) is 0 Å². The van der Waals surface area contributed by atoms with E-state index in [2.05, 4.69) is 16.1 Å². The number of aromatic nitrogens is 2. The molecule has 0 amide bonds. The molecule has 0 saturated carbocycles. The van der Waals surface area contributed by atoms with Crippen molar-refractivity contribution in [3.05, 3.63) is 18.5 Å². The second-order valence-electron chi connectivity index (χ2n) is 4.32. The Bertz CT molecular complexity index is 338. The Balaban J connectivity index is 1.81. The Morgan fingerprint density at radius 1 is 1.50 bits per heavy atom. The van der Waals surface area contributed by atoms with E-state index >= 15 is 0 Å². The molecule has 4 heteroatoms. The number of nitriles is 1. The van der Waals surface area contributed by atoms with Gasteiger partial charge >= 0.3 is 0 Å². The van der Waals surface area contributed by atoms with Crippen molar-refractivity contribution < 1.29 is 0 Å². The minimum Gasteiger partial charge on any atom is -0.299 e. The monoisotopic (exact) mass is 218 g/mol. The van der Waals surface area contributed by atoms with Gasteiger partial charge in [-0.1, -0.05) is 0 Å². The summed E-state index contributed by atoms with van der Waals surface area (Å²) in [4.78, 5) is 2.50. The third-order valence-corrected chi connectivity index (χ3v) is 3.19. The summed E-state index contributed by atoms with van der Waals surface area (Å²) in [6.45, 7) is 3.22. The highest BCUT2D eigenvalue weighted by atomic mass is 15.3. The Morgan fingerprint density at radius 2 is 2.44 bits per heavy atom. The molecule has 0 N–H and O–H groups in total. The third-order valence-electron chi connectivity index (χ3n) is 3.19. The topological polar surface area (TPSA) is 44.9 Å². The van der Waals surface area contributed by atoms with Gasteiger partial charge in [0.05, 0.1) is 12.6 Å². The van der Waals surface area contributed by atoms with E-state index in [9.17, 15) is 0 Å². The van der Waals surface area contributed by atoms with Gasteiger partial charge in [-0.05, 0) is 38.4 Å². The van der Waals surface area contributed by atoms with Crippen LogP contribution in [0.2, 0.25) is 0 Å². The Labute approximate surface area is 96.5 Å². The SMILES string of the molecule is N#CCCCN1CCC[C@@H]1Cn1cccn1. The lowest BCUT2D eigenvalue weighted by atomic mass is 10.2. The van der Waals surface area contributed by atoms with E-state index in [1.165, 1.54) is 19.4 Å². The molecule has 16 heavy (non-hydrogen) atoms. The molecule has 86 valence electrons. The summed E-state index contributed by atoms with van der Waals surface area (Å²) in [5.74, 6) is 0. The van der Waals surface area contributed by atoms with Gasteiger partial charge in [-0.3, -0.25) is 9.58 Å². The number of rotatable bonds is 5. The van der Waals surface area contributed by atoms with Crippen molar-refractivity contribution in [3.8, 4) is 6.07 Å². The molecule has 0 aromatic carbocycles. The summed E-state index contributed by atoms with van der Waals surface area (Å²) < 4.78 is 2.01. The minimum absolute atomic E-state index is 0.610. The van der Waals surface area contributed by atoms with Gasteiger partial charge in [-0.2, -0.15) is 10.4 Å². The van der Waals surface area contributed by atoms with Crippen LogP contribution in [-0.4, -0.2) is 33.8 Å². The summed E-state index contributed by atoms with van der Waals surface area (Å²) in [5.41, 5.74) is 0. The van der Waals surface area contributed by atoms with E-state index in [0.29, 0.717) is 12.5 Å². The van der Waals surface area contributed by atoms with Crippen molar-refractivity contribution in [1.82, 2.24) is 14.7 Å². The smallest absolute Gasteiger partial charge is 0.0622 e. The zero-order chi connectivity index (χ0) is 11.2. The van der Waals surface area contributed by atoms with Crippen molar-refractivity contribution in [3.63, 3.8) is 0 Å². The Kier molecular flexibility index (Phi) is 3.95. The van der Waals surface area contributed by atoms with Crippen LogP contribution in [0.1, 0.15) is 25.7 Å². The van der Waals surface area contributed by atoms with E-state index in [4.69, 9.17) is 5.26 Å². The number of likely N-dealkylation sites (tertiary alicyclic amines) is 1.